The monoisotopic (exact) mass is 391 g/mol. The molecule has 0 heterocycles. The molecule has 0 aromatic heterocycles. The van der Waals surface area contributed by atoms with Crippen molar-refractivity contribution in [2.45, 2.75) is 0 Å². The van der Waals surface area contributed by atoms with Crippen LogP contribution in [0.1, 0.15) is 0 Å². The zero-order valence-electron chi connectivity index (χ0n) is 14.9. The maximum Gasteiger partial charge on any atom is 0.193 e. The summed E-state index contributed by atoms with van der Waals surface area (Å²) in [5.74, 6) is 1.46. The molecule has 0 saturated heterocycles. The summed E-state index contributed by atoms with van der Waals surface area (Å²) >= 11 is 5.91. The van der Waals surface area contributed by atoms with E-state index in [1.807, 2.05) is 24.1 Å². The maximum absolute atomic E-state index is 11.0. The Morgan fingerprint density at radius 1 is 1.32 bits per heavy atom. The molecule has 0 aliphatic carbocycles. The molecular weight excluding hydrogens is 366 g/mol. The highest BCUT2D eigenvalue weighted by molar-refractivity contribution is 7.90. The molecule has 142 valence electrons. The summed E-state index contributed by atoms with van der Waals surface area (Å²) in [4.78, 5) is 6.12. The Balaban J connectivity index is 2.22. The van der Waals surface area contributed by atoms with E-state index in [1.54, 1.807) is 19.2 Å². The van der Waals surface area contributed by atoms with Crippen molar-refractivity contribution >= 4 is 27.4 Å². The number of hydrogen-bond donors (Lipinski definition) is 1. The van der Waals surface area contributed by atoms with Crippen molar-refractivity contribution in [1.82, 2.24) is 10.2 Å². The van der Waals surface area contributed by atoms with Gasteiger partial charge in [0.1, 0.15) is 22.2 Å². The fraction of sp³-hybridized carbons (Fsp3) is 0.562. The lowest BCUT2D eigenvalue weighted by molar-refractivity contribution is 0.153. The molecule has 0 aliphatic rings. The molecule has 0 spiro atoms. The summed E-state index contributed by atoms with van der Waals surface area (Å²) in [5, 5.41) is 3.79. The quantitative estimate of drug-likeness (QED) is 0.368. The van der Waals surface area contributed by atoms with E-state index in [0.717, 1.165) is 5.75 Å². The minimum absolute atomic E-state index is 0.0302. The minimum atomic E-state index is -2.98. The van der Waals surface area contributed by atoms with Crippen molar-refractivity contribution < 1.29 is 17.9 Å². The van der Waals surface area contributed by atoms with Crippen molar-refractivity contribution in [1.29, 1.82) is 0 Å². The van der Waals surface area contributed by atoms with Gasteiger partial charge < -0.3 is 19.7 Å². The third-order valence-electron chi connectivity index (χ3n) is 3.19. The lowest BCUT2D eigenvalue weighted by atomic mass is 10.3. The molecule has 0 fully saturated rings. The molecule has 9 heteroatoms. The van der Waals surface area contributed by atoms with Gasteiger partial charge in [-0.3, -0.25) is 4.99 Å². The number of nitrogens with zero attached hydrogens (tertiary/aromatic N) is 2. The van der Waals surface area contributed by atoms with E-state index in [0.29, 0.717) is 37.3 Å². The molecule has 0 amide bonds. The number of nitrogens with one attached hydrogen (secondary N) is 1. The number of hydrogen-bond acceptors (Lipinski definition) is 5. The highest BCUT2D eigenvalue weighted by Crippen LogP contribution is 2.16. The van der Waals surface area contributed by atoms with E-state index in [4.69, 9.17) is 21.1 Å². The average Bonchev–Trinajstić information content (AvgIpc) is 2.53. The topological polar surface area (TPSA) is 80.2 Å². The number of ether oxygens (including phenoxy) is 2. The molecule has 0 bridgehead atoms. The van der Waals surface area contributed by atoms with Crippen LogP contribution in [0.4, 0.5) is 0 Å². The third-order valence-corrected chi connectivity index (χ3v) is 4.34. The van der Waals surface area contributed by atoms with Gasteiger partial charge in [0.25, 0.3) is 0 Å². The molecular formula is C16H26ClN3O4S. The van der Waals surface area contributed by atoms with Gasteiger partial charge in [0, 0.05) is 31.9 Å². The second kappa shape index (κ2) is 11.2. The molecule has 0 aliphatic heterocycles. The molecule has 0 radical (unpaired) electrons. The second-order valence-corrected chi connectivity index (χ2v) is 8.14. The number of sulfone groups is 1. The largest absolute Gasteiger partial charge is 0.492 e. The third kappa shape index (κ3) is 10.2. The lowest BCUT2D eigenvalue weighted by Gasteiger charge is -2.22. The predicted molar refractivity (Wildman–Crippen MR) is 101 cm³/mol. The summed E-state index contributed by atoms with van der Waals surface area (Å²) < 4.78 is 32.9. The highest BCUT2D eigenvalue weighted by atomic mass is 35.5. The molecule has 1 aromatic rings. The lowest BCUT2D eigenvalue weighted by Crippen LogP contribution is -2.42. The van der Waals surface area contributed by atoms with Crippen molar-refractivity contribution in [2.24, 2.45) is 4.99 Å². The molecule has 0 unspecified atom stereocenters. The average molecular weight is 392 g/mol. The standard InChI is InChI=1S/C16H26ClN3O4S/c1-18-16(19-7-9-23-11-12-25(3,21)22)20(2)8-10-24-15-6-4-5-14(17)13-15/h4-6,13H,7-12H2,1-3H3,(H,18,19). The van der Waals surface area contributed by atoms with E-state index in [1.165, 1.54) is 6.26 Å². The van der Waals surface area contributed by atoms with Gasteiger partial charge in [-0.15, -0.1) is 0 Å². The Morgan fingerprint density at radius 2 is 2.08 bits per heavy atom. The van der Waals surface area contributed by atoms with Crippen LogP contribution in [-0.4, -0.2) is 78.3 Å². The Hall–Kier alpha value is -1.51. The number of benzene rings is 1. The minimum Gasteiger partial charge on any atom is -0.492 e. The van der Waals surface area contributed by atoms with Gasteiger partial charge in [0.05, 0.1) is 25.5 Å². The van der Waals surface area contributed by atoms with Gasteiger partial charge in [-0.2, -0.15) is 0 Å². The first-order valence-corrected chi connectivity index (χ1v) is 10.3. The van der Waals surface area contributed by atoms with Gasteiger partial charge >= 0.3 is 0 Å². The molecule has 7 nitrogen and oxygen atoms in total. The van der Waals surface area contributed by atoms with Crippen LogP contribution in [0.25, 0.3) is 0 Å². The highest BCUT2D eigenvalue weighted by Gasteiger charge is 2.06. The van der Waals surface area contributed by atoms with E-state index in [-0.39, 0.29) is 12.4 Å². The van der Waals surface area contributed by atoms with Crippen LogP contribution in [0, 0.1) is 0 Å². The normalized spacial score (nSPS) is 12.1. The Morgan fingerprint density at radius 3 is 2.72 bits per heavy atom. The van der Waals surface area contributed by atoms with Crippen LogP contribution in [0.5, 0.6) is 5.75 Å². The molecule has 1 N–H and O–H groups in total. The van der Waals surface area contributed by atoms with Crippen molar-refractivity contribution in [2.75, 3.05) is 59.0 Å². The first-order valence-electron chi connectivity index (χ1n) is 7.87. The van der Waals surface area contributed by atoms with Crippen LogP contribution >= 0.6 is 11.6 Å². The van der Waals surface area contributed by atoms with Gasteiger partial charge in [0.15, 0.2) is 5.96 Å². The molecule has 0 atom stereocenters. The fourth-order valence-corrected chi connectivity index (χ4v) is 2.50. The van der Waals surface area contributed by atoms with Gasteiger partial charge in [-0.1, -0.05) is 17.7 Å². The van der Waals surface area contributed by atoms with Crippen LogP contribution in [0.15, 0.2) is 29.3 Å². The summed E-state index contributed by atoms with van der Waals surface area (Å²) in [6.45, 7) is 2.27. The van der Waals surface area contributed by atoms with Crippen molar-refractivity contribution in [3.63, 3.8) is 0 Å². The summed E-state index contributed by atoms with van der Waals surface area (Å²) in [6.07, 6.45) is 1.19. The number of rotatable bonds is 10. The fourth-order valence-electron chi connectivity index (χ4n) is 1.90. The second-order valence-electron chi connectivity index (χ2n) is 5.44. The van der Waals surface area contributed by atoms with E-state index in [9.17, 15) is 8.42 Å². The van der Waals surface area contributed by atoms with E-state index >= 15 is 0 Å². The number of likely N-dealkylation sites (N-methyl/N-ethyl adjacent to an activating group) is 1. The first kappa shape index (κ1) is 21.5. The SMILES string of the molecule is CN=C(NCCOCCS(C)(=O)=O)N(C)CCOc1cccc(Cl)c1. The van der Waals surface area contributed by atoms with E-state index in [2.05, 4.69) is 10.3 Å². The molecule has 1 rings (SSSR count). The van der Waals surface area contributed by atoms with Crippen LogP contribution in [-0.2, 0) is 14.6 Å². The molecule has 25 heavy (non-hydrogen) atoms. The number of guanidine groups is 1. The Bertz CT molecular complexity index is 653. The molecule has 0 saturated carbocycles. The van der Waals surface area contributed by atoms with Crippen molar-refractivity contribution in [3.8, 4) is 5.75 Å². The van der Waals surface area contributed by atoms with Crippen LogP contribution in [0.2, 0.25) is 5.02 Å². The Kier molecular flexibility index (Phi) is 9.62. The zero-order chi connectivity index (χ0) is 18.7. The van der Waals surface area contributed by atoms with E-state index < -0.39 is 9.84 Å². The predicted octanol–water partition coefficient (Wildman–Crippen LogP) is 1.29. The smallest absolute Gasteiger partial charge is 0.193 e. The maximum atomic E-state index is 11.0. The van der Waals surface area contributed by atoms with Gasteiger partial charge in [-0.25, -0.2) is 8.42 Å². The van der Waals surface area contributed by atoms with Gasteiger partial charge in [-0.05, 0) is 18.2 Å². The van der Waals surface area contributed by atoms with Crippen molar-refractivity contribution in [3.05, 3.63) is 29.3 Å². The van der Waals surface area contributed by atoms with Gasteiger partial charge in [0.2, 0.25) is 0 Å². The van der Waals surface area contributed by atoms with Crippen LogP contribution < -0.4 is 10.1 Å². The Labute approximate surface area is 154 Å². The zero-order valence-corrected chi connectivity index (χ0v) is 16.4. The number of halogens is 1. The molecule has 1 aromatic carbocycles. The summed E-state index contributed by atoms with van der Waals surface area (Å²) in [6, 6.07) is 7.26. The van der Waals surface area contributed by atoms with Crippen LogP contribution in [0.3, 0.4) is 0 Å². The number of aliphatic imine (C=N–C) groups is 1. The summed E-state index contributed by atoms with van der Waals surface area (Å²) in [7, 11) is 0.618. The summed E-state index contributed by atoms with van der Waals surface area (Å²) in [5.41, 5.74) is 0. The first-order chi connectivity index (χ1) is 11.8.